The van der Waals surface area contributed by atoms with Crippen LogP contribution in [0.1, 0.15) is 28.1 Å². The van der Waals surface area contributed by atoms with Crippen LogP contribution in [-0.2, 0) is 6.54 Å². The van der Waals surface area contributed by atoms with Crippen LogP contribution >= 0.6 is 22.9 Å². The van der Waals surface area contributed by atoms with Crippen molar-refractivity contribution < 1.29 is 9.53 Å². The van der Waals surface area contributed by atoms with Crippen molar-refractivity contribution in [2.45, 2.75) is 25.4 Å². The van der Waals surface area contributed by atoms with Gasteiger partial charge in [0, 0.05) is 41.9 Å². The second-order valence-corrected chi connectivity index (χ2v) is 9.35. The molecule has 0 bridgehead atoms. The van der Waals surface area contributed by atoms with Crippen molar-refractivity contribution in [2.75, 3.05) is 30.4 Å². The van der Waals surface area contributed by atoms with E-state index in [9.17, 15) is 4.79 Å². The van der Waals surface area contributed by atoms with E-state index in [1.807, 2.05) is 36.4 Å². The van der Waals surface area contributed by atoms with Crippen molar-refractivity contribution in [1.29, 1.82) is 0 Å². The smallest absolute Gasteiger partial charge is 0.259 e. The Hall–Kier alpha value is -2.54. The fraction of sp³-hybridized carbons (Fsp3) is 0.292. The predicted octanol–water partition coefficient (Wildman–Crippen LogP) is 5.42. The molecular weight excluding hydrogens is 430 g/mol. The maximum absolute atomic E-state index is 12.7. The number of rotatable bonds is 7. The standard InChI is InChI=1S/C24H26ClN3O2S/c1-30-22-8-3-2-7-21(22)24(29)27-18-5-4-6-19(15-18)28-13-11-17(12-14-28)26-16-20-9-10-23(25)31-20/h2-10,15,17,26H,11-14,16H2,1H3,(H,27,29). The minimum Gasteiger partial charge on any atom is -0.496 e. The fourth-order valence-corrected chi connectivity index (χ4v) is 4.88. The molecule has 0 saturated carbocycles. The van der Waals surface area contributed by atoms with Crippen LogP contribution in [0.2, 0.25) is 4.34 Å². The summed E-state index contributed by atoms with van der Waals surface area (Å²) in [6.45, 7) is 2.83. The lowest BCUT2D eigenvalue weighted by atomic mass is 10.0. The molecule has 1 saturated heterocycles. The maximum atomic E-state index is 12.7. The van der Waals surface area contributed by atoms with Crippen LogP contribution in [0.25, 0.3) is 0 Å². The molecule has 4 rings (SSSR count). The predicted molar refractivity (Wildman–Crippen MR) is 129 cm³/mol. The van der Waals surface area contributed by atoms with Crippen LogP contribution < -0.4 is 20.3 Å². The van der Waals surface area contributed by atoms with Gasteiger partial charge >= 0.3 is 0 Å². The van der Waals surface area contributed by atoms with Gasteiger partial charge in [0.1, 0.15) is 5.75 Å². The molecule has 0 spiro atoms. The molecule has 1 aliphatic heterocycles. The van der Waals surface area contributed by atoms with Crippen LogP contribution in [0.4, 0.5) is 11.4 Å². The van der Waals surface area contributed by atoms with E-state index in [4.69, 9.17) is 16.3 Å². The van der Waals surface area contributed by atoms with Gasteiger partial charge in [0.2, 0.25) is 0 Å². The van der Waals surface area contributed by atoms with E-state index in [0.29, 0.717) is 17.4 Å². The van der Waals surface area contributed by atoms with Gasteiger partial charge in [-0.15, -0.1) is 11.3 Å². The summed E-state index contributed by atoms with van der Waals surface area (Å²) >= 11 is 7.65. The lowest BCUT2D eigenvalue weighted by molar-refractivity contribution is 0.102. The number of piperidine rings is 1. The van der Waals surface area contributed by atoms with Gasteiger partial charge in [0.15, 0.2) is 0 Å². The maximum Gasteiger partial charge on any atom is 0.259 e. The number of methoxy groups -OCH3 is 1. The molecule has 1 aromatic heterocycles. The summed E-state index contributed by atoms with van der Waals surface area (Å²) in [7, 11) is 1.57. The molecule has 0 atom stereocenters. The van der Waals surface area contributed by atoms with Crippen molar-refractivity contribution in [3.05, 3.63) is 75.4 Å². The first-order valence-corrected chi connectivity index (χ1v) is 11.6. The SMILES string of the molecule is COc1ccccc1C(=O)Nc1cccc(N2CCC(NCc3ccc(Cl)s3)CC2)c1. The topological polar surface area (TPSA) is 53.6 Å². The first kappa shape index (κ1) is 21.7. The third-order valence-corrected chi connectivity index (χ3v) is 6.74. The summed E-state index contributed by atoms with van der Waals surface area (Å²) in [5.74, 6) is 0.390. The van der Waals surface area contributed by atoms with Gasteiger partial charge in [-0.1, -0.05) is 29.8 Å². The summed E-state index contributed by atoms with van der Waals surface area (Å²) in [6.07, 6.45) is 2.16. The third-order valence-electron chi connectivity index (χ3n) is 5.51. The Kier molecular flexibility index (Phi) is 7.12. The Morgan fingerprint density at radius 3 is 2.68 bits per heavy atom. The van der Waals surface area contributed by atoms with Gasteiger partial charge in [0.25, 0.3) is 5.91 Å². The molecule has 2 N–H and O–H groups in total. The van der Waals surface area contributed by atoms with Crippen molar-refractivity contribution in [3.8, 4) is 5.75 Å². The van der Waals surface area contributed by atoms with Gasteiger partial charge < -0.3 is 20.3 Å². The number of carbonyl (C=O) groups excluding carboxylic acids is 1. The number of hydrogen-bond donors (Lipinski definition) is 2. The number of nitrogens with one attached hydrogen (secondary N) is 2. The van der Waals surface area contributed by atoms with Gasteiger partial charge in [-0.25, -0.2) is 0 Å². The molecule has 162 valence electrons. The number of ether oxygens (including phenoxy) is 1. The van der Waals surface area contributed by atoms with Crippen LogP contribution in [0, 0.1) is 0 Å². The highest BCUT2D eigenvalue weighted by Crippen LogP contribution is 2.26. The highest BCUT2D eigenvalue weighted by molar-refractivity contribution is 7.16. The minimum atomic E-state index is -0.175. The summed E-state index contributed by atoms with van der Waals surface area (Å²) in [5, 5.41) is 6.64. The Labute approximate surface area is 192 Å². The Morgan fingerprint density at radius 2 is 1.94 bits per heavy atom. The van der Waals surface area contributed by atoms with Gasteiger partial charge in [-0.3, -0.25) is 4.79 Å². The van der Waals surface area contributed by atoms with Crippen LogP contribution in [-0.4, -0.2) is 32.1 Å². The number of hydrogen-bond acceptors (Lipinski definition) is 5. The number of para-hydroxylation sites is 1. The lowest BCUT2D eigenvalue weighted by Crippen LogP contribution is -2.42. The summed E-state index contributed by atoms with van der Waals surface area (Å²) in [6, 6.07) is 19.8. The molecule has 1 fully saturated rings. The molecular formula is C24H26ClN3O2S. The molecule has 31 heavy (non-hydrogen) atoms. The van der Waals surface area contributed by atoms with Crippen molar-refractivity contribution in [1.82, 2.24) is 5.32 Å². The fourth-order valence-electron chi connectivity index (χ4n) is 3.84. The zero-order chi connectivity index (χ0) is 21.6. The molecule has 3 aromatic rings. The second kappa shape index (κ2) is 10.2. The van der Waals surface area contributed by atoms with Crippen molar-refractivity contribution in [3.63, 3.8) is 0 Å². The van der Waals surface area contributed by atoms with E-state index in [0.717, 1.165) is 48.2 Å². The normalized spacial score (nSPS) is 14.5. The largest absolute Gasteiger partial charge is 0.496 e. The Morgan fingerprint density at radius 1 is 1.13 bits per heavy atom. The monoisotopic (exact) mass is 455 g/mol. The van der Waals surface area contributed by atoms with E-state index in [1.165, 1.54) is 4.88 Å². The van der Waals surface area contributed by atoms with Gasteiger partial charge in [-0.2, -0.15) is 0 Å². The number of amides is 1. The number of anilines is 2. The molecule has 1 aliphatic rings. The average molecular weight is 456 g/mol. The quantitative estimate of drug-likeness (QED) is 0.499. The zero-order valence-corrected chi connectivity index (χ0v) is 19.0. The number of nitrogens with zero attached hydrogens (tertiary/aromatic N) is 1. The number of halogens is 1. The van der Waals surface area contributed by atoms with Crippen LogP contribution in [0.15, 0.2) is 60.7 Å². The third kappa shape index (κ3) is 5.58. The minimum absolute atomic E-state index is 0.175. The van der Waals surface area contributed by atoms with E-state index in [2.05, 4.69) is 27.7 Å². The molecule has 0 radical (unpaired) electrons. The molecule has 5 nitrogen and oxygen atoms in total. The molecule has 1 amide bonds. The van der Waals surface area contributed by atoms with Crippen LogP contribution in [0.5, 0.6) is 5.75 Å². The molecule has 2 aromatic carbocycles. The van der Waals surface area contributed by atoms with Gasteiger partial charge in [-0.05, 0) is 55.3 Å². The average Bonchev–Trinajstić information content (AvgIpc) is 3.23. The zero-order valence-electron chi connectivity index (χ0n) is 17.4. The van der Waals surface area contributed by atoms with E-state index < -0.39 is 0 Å². The second-order valence-electron chi connectivity index (χ2n) is 7.55. The first-order chi connectivity index (χ1) is 15.1. The van der Waals surface area contributed by atoms with Crippen molar-refractivity contribution in [2.24, 2.45) is 0 Å². The molecule has 0 aliphatic carbocycles. The summed E-state index contributed by atoms with van der Waals surface area (Å²) in [4.78, 5) is 16.3. The summed E-state index contributed by atoms with van der Waals surface area (Å²) < 4.78 is 6.14. The highest BCUT2D eigenvalue weighted by atomic mass is 35.5. The lowest BCUT2D eigenvalue weighted by Gasteiger charge is -2.34. The number of thiophene rings is 1. The molecule has 2 heterocycles. The summed E-state index contributed by atoms with van der Waals surface area (Å²) in [5.41, 5.74) is 2.43. The Bertz CT molecular complexity index is 1030. The van der Waals surface area contributed by atoms with E-state index >= 15 is 0 Å². The van der Waals surface area contributed by atoms with E-state index in [-0.39, 0.29) is 5.91 Å². The van der Waals surface area contributed by atoms with Crippen LogP contribution in [0.3, 0.4) is 0 Å². The number of benzene rings is 2. The van der Waals surface area contributed by atoms with Crippen molar-refractivity contribution >= 4 is 40.2 Å². The number of carbonyl (C=O) groups is 1. The Balaban J connectivity index is 1.33. The molecule has 7 heteroatoms. The first-order valence-electron chi connectivity index (χ1n) is 10.4. The van der Waals surface area contributed by atoms with E-state index in [1.54, 1.807) is 30.6 Å². The van der Waals surface area contributed by atoms with Gasteiger partial charge in [0.05, 0.1) is 17.0 Å². The highest BCUT2D eigenvalue weighted by Gasteiger charge is 2.20. The molecule has 0 unspecified atom stereocenters.